The van der Waals surface area contributed by atoms with E-state index in [9.17, 15) is 18.0 Å². The normalized spacial score (nSPS) is 11.8. The summed E-state index contributed by atoms with van der Waals surface area (Å²) in [6, 6.07) is 0. The van der Waals surface area contributed by atoms with Gasteiger partial charge in [-0.05, 0) is 6.92 Å². The molecule has 98 valence electrons. The minimum absolute atomic E-state index is 0.0505. The number of hydrogen-bond acceptors (Lipinski definition) is 4. The van der Waals surface area contributed by atoms with Crippen LogP contribution in [0.3, 0.4) is 0 Å². The van der Waals surface area contributed by atoms with Gasteiger partial charge >= 0.3 is 12.1 Å². The molecule has 0 aliphatic heterocycles. The Morgan fingerprint density at radius 1 is 1.39 bits per heavy atom. The minimum atomic E-state index is -4.55. The number of rotatable bonds is 4. The molecule has 0 amide bonds. The number of carbonyl (C=O) groups is 1. The van der Waals surface area contributed by atoms with Gasteiger partial charge in [-0.2, -0.15) is 13.2 Å². The molecule has 1 heterocycles. The molecule has 0 atom stereocenters. The maximum absolute atomic E-state index is 12.2. The number of nitrogens with zero attached hydrogens (tertiary/aromatic N) is 2. The molecule has 18 heavy (non-hydrogen) atoms. The van der Waals surface area contributed by atoms with Gasteiger partial charge in [0.25, 0.3) is 0 Å². The number of alkyl halides is 3. The van der Waals surface area contributed by atoms with Crippen molar-refractivity contribution in [3.05, 3.63) is 29.9 Å². The quantitative estimate of drug-likeness (QED) is 0.780. The lowest BCUT2D eigenvalue weighted by atomic mass is 10.3. The van der Waals surface area contributed by atoms with Crippen molar-refractivity contribution in [1.29, 1.82) is 0 Å². The molecule has 1 aromatic rings. The molecule has 1 aromatic heterocycles. The van der Waals surface area contributed by atoms with Crippen LogP contribution in [-0.4, -0.2) is 22.5 Å². The largest absolute Gasteiger partial charge is 0.466 e. The summed E-state index contributed by atoms with van der Waals surface area (Å²) < 4.78 is 41.1. The molecule has 0 aliphatic rings. The van der Waals surface area contributed by atoms with Crippen molar-refractivity contribution in [3.8, 4) is 0 Å². The van der Waals surface area contributed by atoms with Crippen LogP contribution in [0, 0.1) is 0 Å². The van der Waals surface area contributed by atoms with E-state index in [-0.39, 0.29) is 13.0 Å². The Morgan fingerprint density at radius 3 is 2.50 bits per heavy atom. The van der Waals surface area contributed by atoms with Gasteiger partial charge in [0.2, 0.25) is 5.82 Å². The maximum atomic E-state index is 12.2. The third-order valence-corrected chi connectivity index (χ3v) is 1.83. The Balaban J connectivity index is 2.59. The number of ether oxygens (including phenoxy) is 1. The predicted octanol–water partition coefficient (Wildman–Crippen LogP) is 2.46. The van der Waals surface area contributed by atoms with Gasteiger partial charge in [0, 0.05) is 18.0 Å². The molecule has 0 fully saturated rings. The Labute approximate surface area is 102 Å². The van der Waals surface area contributed by atoms with Gasteiger partial charge in [0.15, 0.2) is 0 Å². The first-order valence-electron chi connectivity index (χ1n) is 5.15. The van der Waals surface area contributed by atoms with Crippen molar-refractivity contribution in [2.75, 3.05) is 6.61 Å². The SMILES string of the molecule is CCOC(=O)CC=Cc1cnc(C(F)(F)F)nc1. The van der Waals surface area contributed by atoms with E-state index in [4.69, 9.17) is 0 Å². The molecule has 1 rings (SSSR count). The Hall–Kier alpha value is -1.92. The van der Waals surface area contributed by atoms with Gasteiger partial charge in [-0.3, -0.25) is 4.79 Å². The van der Waals surface area contributed by atoms with E-state index in [0.29, 0.717) is 5.56 Å². The van der Waals surface area contributed by atoms with Gasteiger partial charge in [-0.15, -0.1) is 0 Å². The Kier molecular flexibility index (Phi) is 4.82. The summed E-state index contributed by atoms with van der Waals surface area (Å²) >= 11 is 0. The highest BCUT2D eigenvalue weighted by atomic mass is 19.4. The van der Waals surface area contributed by atoms with E-state index in [1.165, 1.54) is 12.2 Å². The van der Waals surface area contributed by atoms with E-state index >= 15 is 0 Å². The zero-order valence-electron chi connectivity index (χ0n) is 9.57. The highest BCUT2D eigenvalue weighted by molar-refractivity contribution is 5.72. The van der Waals surface area contributed by atoms with Crippen molar-refractivity contribution >= 4 is 12.0 Å². The first-order chi connectivity index (χ1) is 8.43. The van der Waals surface area contributed by atoms with Crippen LogP contribution in [0.15, 0.2) is 18.5 Å². The van der Waals surface area contributed by atoms with Crippen LogP contribution < -0.4 is 0 Å². The molecule has 0 bridgehead atoms. The average molecular weight is 260 g/mol. The van der Waals surface area contributed by atoms with Crippen LogP contribution in [-0.2, 0) is 15.7 Å². The van der Waals surface area contributed by atoms with Crippen molar-refractivity contribution < 1.29 is 22.7 Å². The number of esters is 1. The first-order valence-corrected chi connectivity index (χ1v) is 5.15. The highest BCUT2D eigenvalue weighted by Gasteiger charge is 2.34. The number of hydrogen-bond donors (Lipinski definition) is 0. The third kappa shape index (κ3) is 4.52. The van der Waals surface area contributed by atoms with Gasteiger partial charge < -0.3 is 4.74 Å². The van der Waals surface area contributed by atoms with Crippen molar-refractivity contribution in [3.63, 3.8) is 0 Å². The van der Waals surface area contributed by atoms with E-state index < -0.39 is 18.0 Å². The van der Waals surface area contributed by atoms with Crippen molar-refractivity contribution in [2.45, 2.75) is 19.5 Å². The lowest BCUT2D eigenvalue weighted by molar-refractivity contribution is -0.145. The van der Waals surface area contributed by atoms with Crippen molar-refractivity contribution in [1.82, 2.24) is 9.97 Å². The topological polar surface area (TPSA) is 52.1 Å². The maximum Gasteiger partial charge on any atom is 0.451 e. The second-order valence-corrected chi connectivity index (χ2v) is 3.25. The van der Waals surface area contributed by atoms with E-state index in [1.807, 2.05) is 0 Å². The lowest BCUT2D eigenvalue weighted by Crippen LogP contribution is -2.10. The van der Waals surface area contributed by atoms with Crippen LogP contribution in [0.5, 0.6) is 0 Å². The molecule has 0 N–H and O–H groups in total. The molecule has 0 unspecified atom stereocenters. The zero-order chi connectivity index (χ0) is 13.6. The van der Waals surface area contributed by atoms with E-state index in [1.54, 1.807) is 6.92 Å². The summed E-state index contributed by atoms with van der Waals surface area (Å²) in [5.41, 5.74) is 0.382. The first kappa shape index (κ1) is 14.1. The third-order valence-electron chi connectivity index (χ3n) is 1.83. The number of carbonyl (C=O) groups excluding carboxylic acids is 1. The molecule has 7 heteroatoms. The van der Waals surface area contributed by atoms with Crippen LogP contribution in [0.4, 0.5) is 13.2 Å². The van der Waals surface area contributed by atoms with E-state index in [2.05, 4.69) is 14.7 Å². The summed E-state index contributed by atoms with van der Waals surface area (Å²) in [5.74, 6) is -1.59. The second kappa shape index (κ2) is 6.13. The minimum Gasteiger partial charge on any atom is -0.466 e. The summed E-state index contributed by atoms with van der Waals surface area (Å²) in [7, 11) is 0. The summed E-state index contributed by atoms with van der Waals surface area (Å²) in [6.45, 7) is 1.97. The second-order valence-electron chi connectivity index (χ2n) is 3.25. The molecule has 4 nitrogen and oxygen atoms in total. The fourth-order valence-electron chi connectivity index (χ4n) is 1.08. The van der Waals surface area contributed by atoms with Gasteiger partial charge in [0.05, 0.1) is 13.0 Å². The number of halogens is 3. The monoisotopic (exact) mass is 260 g/mol. The lowest BCUT2D eigenvalue weighted by Gasteiger charge is -2.03. The fourth-order valence-corrected chi connectivity index (χ4v) is 1.08. The molecule has 0 spiro atoms. The molecular weight excluding hydrogens is 249 g/mol. The van der Waals surface area contributed by atoms with Crippen molar-refractivity contribution in [2.24, 2.45) is 0 Å². The predicted molar refractivity (Wildman–Crippen MR) is 57.3 cm³/mol. The summed E-state index contributed by atoms with van der Waals surface area (Å²) in [4.78, 5) is 17.3. The smallest absolute Gasteiger partial charge is 0.451 e. The number of aromatic nitrogens is 2. The zero-order valence-corrected chi connectivity index (χ0v) is 9.57. The molecule has 0 radical (unpaired) electrons. The van der Waals surface area contributed by atoms with Crippen LogP contribution in [0.1, 0.15) is 24.7 Å². The van der Waals surface area contributed by atoms with Gasteiger partial charge in [0.1, 0.15) is 0 Å². The molecule has 0 saturated heterocycles. The fraction of sp³-hybridized carbons (Fsp3) is 0.364. The van der Waals surface area contributed by atoms with Gasteiger partial charge in [-0.1, -0.05) is 12.2 Å². The Bertz CT molecular complexity index is 427. The van der Waals surface area contributed by atoms with Crippen LogP contribution in [0.2, 0.25) is 0 Å². The standard InChI is InChI=1S/C11H11F3N2O2/c1-2-18-9(17)5-3-4-8-6-15-10(16-7-8)11(12,13)14/h3-4,6-7H,2,5H2,1H3. The molecule has 0 aromatic carbocycles. The summed E-state index contributed by atoms with van der Waals surface area (Å²) in [6.07, 6.45) is 0.512. The summed E-state index contributed by atoms with van der Waals surface area (Å²) in [5, 5.41) is 0. The molecule has 0 aliphatic carbocycles. The van der Waals surface area contributed by atoms with E-state index in [0.717, 1.165) is 12.4 Å². The van der Waals surface area contributed by atoms with Crippen LogP contribution in [0.25, 0.3) is 6.08 Å². The molecule has 0 saturated carbocycles. The Morgan fingerprint density at radius 2 is 2.00 bits per heavy atom. The average Bonchev–Trinajstić information content (AvgIpc) is 2.29. The highest BCUT2D eigenvalue weighted by Crippen LogP contribution is 2.25. The molecular formula is C11H11F3N2O2. The van der Waals surface area contributed by atoms with Crippen LogP contribution >= 0.6 is 0 Å². The van der Waals surface area contributed by atoms with Gasteiger partial charge in [-0.25, -0.2) is 9.97 Å².